The van der Waals surface area contributed by atoms with Gasteiger partial charge < -0.3 is 16.0 Å². The van der Waals surface area contributed by atoms with Gasteiger partial charge in [-0.15, -0.1) is 5.10 Å². The van der Waals surface area contributed by atoms with Crippen LogP contribution in [0.5, 0.6) is 0 Å². The zero-order valence-corrected chi connectivity index (χ0v) is 18.5. The average Bonchev–Trinajstić information content (AvgIpc) is 3.31. The molecule has 1 aliphatic carbocycles. The van der Waals surface area contributed by atoms with Gasteiger partial charge in [-0.1, -0.05) is 35.5 Å². The minimum absolute atomic E-state index is 0.0432. The summed E-state index contributed by atoms with van der Waals surface area (Å²) in [6.07, 6.45) is 7.26. The maximum absolute atomic E-state index is 12.0. The molecular weight excluding hydrogens is 414 g/mol. The lowest BCUT2D eigenvalue weighted by atomic mass is 9.81. The normalized spacial score (nSPS) is 19.5. The minimum Gasteiger partial charge on any atom is -0.384 e. The Hall–Kier alpha value is -3.52. The number of hydrogen-bond donors (Lipinski definition) is 4. The summed E-state index contributed by atoms with van der Waals surface area (Å²) in [6, 6.07) is 16.8. The molecule has 0 bridgehead atoms. The Morgan fingerprint density at radius 2 is 1.91 bits per heavy atom. The van der Waals surface area contributed by atoms with Gasteiger partial charge in [0.05, 0.1) is 0 Å². The van der Waals surface area contributed by atoms with Crippen LogP contribution in [-0.2, 0) is 0 Å². The van der Waals surface area contributed by atoms with Crippen LogP contribution in [-0.4, -0.2) is 38.0 Å². The van der Waals surface area contributed by atoms with E-state index in [-0.39, 0.29) is 11.5 Å². The second kappa shape index (κ2) is 9.54. The van der Waals surface area contributed by atoms with E-state index in [0.717, 1.165) is 24.1 Å². The van der Waals surface area contributed by atoms with E-state index in [9.17, 15) is 4.79 Å². The number of fused-ring (bicyclic) bond motifs is 1. The van der Waals surface area contributed by atoms with Crippen LogP contribution in [0.1, 0.15) is 60.6 Å². The van der Waals surface area contributed by atoms with E-state index in [4.69, 9.17) is 5.73 Å². The summed E-state index contributed by atoms with van der Waals surface area (Å²) in [5.74, 6) is 1.03. The third-order valence-corrected chi connectivity index (χ3v) is 6.79. The predicted octanol–water partition coefficient (Wildman–Crippen LogP) is 3.46. The molecule has 0 aliphatic heterocycles. The molecule has 33 heavy (non-hydrogen) atoms. The van der Waals surface area contributed by atoms with Crippen LogP contribution in [0.15, 0.2) is 59.5 Å². The maximum atomic E-state index is 12.0. The molecule has 1 aliphatic rings. The third kappa shape index (κ3) is 4.80. The van der Waals surface area contributed by atoms with E-state index in [1.165, 1.54) is 31.2 Å². The predicted molar refractivity (Wildman–Crippen MR) is 129 cm³/mol. The smallest absolute Gasteiger partial charge is 0.248 e. The lowest BCUT2D eigenvalue weighted by Gasteiger charge is -2.30. The van der Waals surface area contributed by atoms with E-state index in [1.807, 2.05) is 12.1 Å². The summed E-state index contributed by atoms with van der Waals surface area (Å²) in [7, 11) is 0. The summed E-state index contributed by atoms with van der Waals surface area (Å²) in [5.41, 5.74) is 10.5. The zero-order valence-electron chi connectivity index (χ0n) is 18.5. The number of benzene rings is 1. The van der Waals surface area contributed by atoms with Crippen molar-refractivity contribution in [2.75, 3.05) is 12.3 Å². The van der Waals surface area contributed by atoms with Crippen molar-refractivity contribution in [3.63, 3.8) is 0 Å². The quantitative estimate of drug-likeness (QED) is 0.347. The highest BCUT2D eigenvalue weighted by molar-refractivity contribution is 5.77. The zero-order chi connectivity index (χ0) is 22.6. The van der Waals surface area contributed by atoms with Crippen molar-refractivity contribution in [1.82, 2.24) is 30.7 Å². The SMILES string of the molecule is Nc1cc(C(CCN[C@H]2CC[C@H](c3ccccc3)CC2)c2cc[nH]c(=O)c2)c2nn[nH]c2n1. The monoisotopic (exact) mass is 443 g/mol. The van der Waals surface area contributed by atoms with Gasteiger partial charge in [-0.2, -0.15) is 0 Å². The fourth-order valence-corrected chi connectivity index (χ4v) is 5.12. The fraction of sp³-hybridized carbons (Fsp3) is 0.360. The highest BCUT2D eigenvalue weighted by Crippen LogP contribution is 2.34. The molecule has 0 spiro atoms. The van der Waals surface area contributed by atoms with Crippen molar-refractivity contribution in [3.05, 3.63) is 81.8 Å². The molecule has 5 N–H and O–H groups in total. The van der Waals surface area contributed by atoms with Crippen LogP contribution in [0.25, 0.3) is 11.2 Å². The highest BCUT2D eigenvalue weighted by Gasteiger charge is 2.24. The molecule has 4 aromatic rings. The first-order valence-corrected chi connectivity index (χ1v) is 11.6. The Morgan fingerprint density at radius 1 is 1.09 bits per heavy atom. The topological polar surface area (TPSA) is 125 Å². The van der Waals surface area contributed by atoms with Crippen molar-refractivity contribution >= 4 is 17.0 Å². The van der Waals surface area contributed by atoms with Gasteiger partial charge in [0.15, 0.2) is 5.65 Å². The molecule has 0 saturated heterocycles. The van der Waals surface area contributed by atoms with Crippen LogP contribution in [0.2, 0.25) is 0 Å². The molecule has 0 amide bonds. The van der Waals surface area contributed by atoms with Gasteiger partial charge in [-0.25, -0.2) is 10.1 Å². The summed E-state index contributed by atoms with van der Waals surface area (Å²) in [5, 5.41) is 14.7. The second-order valence-corrected chi connectivity index (χ2v) is 8.89. The Bertz CT molecular complexity index is 1260. The molecule has 1 unspecified atom stereocenters. The van der Waals surface area contributed by atoms with Gasteiger partial charge in [0.1, 0.15) is 11.3 Å². The Kier molecular flexibility index (Phi) is 6.17. The van der Waals surface area contributed by atoms with Crippen molar-refractivity contribution < 1.29 is 0 Å². The molecule has 3 aromatic heterocycles. The number of hydrogen-bond acceptors (Lipinski definition) is 6. The lowest BCUT2D eigenvalue weighted by Crippen LogP contribution is -2.34. The summed E-state index contributed by atoms with van der Waals surface area (Å²) in [6.45, 7) is 0.833. The van der Waals surface area contributed by atoms with Crippen LogP contribution in [0.4, 0.5) is 5.82 Å². The van der Waals surface area contributed by atoms with Gasteiger partial charge in [-0.3, -0.25) is 4.79 Å². The Morgan fingerprint density at radius 3 is 2.70 bits per heavy atom. The fourth-order valence-electron chi connectivity index (χ4n) is 5.12. The molecule has 8 nitrogen and oxygen atoms in total. The lowest BCUT2D eigenvalue weighted by molar-refractivity contribution is 0.340. The molecule has 0 radical (unpaired) electrons. The highest BCUT2D eigenvalue weighted by atomic mass is 16.1. The first-order valence-electron chi connectivity index (χ1n) is 11.6. The van der Waals surface area contributed by atoms with Crippen molar-refractivity contribution in [2.45, 2.75) is 50.0 Å². The number of rotatable bonds is 7. The number of H-pyrrole nitrogens is 2. The van der Waals surface area contributed by atoms with E-state index < -0.39 is 0 Å². The number of pyridine rings is 2. The number of nitrogen functional groups attached to an aromatic ring is 1. The molecule has 1 fully saturated rings. The first kappa shape index (κ1) is 21.3. The summed E-state index contributed by atoms with van der Waals surface area (Å²) in [4.78, 5) is 19.0. The summed E-state index contributed by atoms with van der Waals surface area (Å²) >= 11 is 0. The largest absolute Gasteiger partial charge is 0.384 e. The average molecular weight is 444 g/mol. The van der Waals surface area contributed by atoms with Crippen LogP contribution in [0, 0.1) is 0 Å². The standard InChI is InChI=1S/C25H29N7O/c26-22-15-21(24-25(29-22)31-32-30-24)20(18-10-12-28-23(33)14-18)11-13-27-19-8-6-17(7-9-19)16-4-2-1-3-5-16/h1-5,10,12,14-15,17,19-20,27H,6-9,11,13H2,(H,28,33)(H3,26,29,30,31,32)/t17-,19-,20?. The molecule has 1 atom stereocenters. The van der Waals surface area contributed by atoms with Crippen LogP contribution < -0.4 is 16.6 Å². The number of anilines is 1. The number of aromatic nitrogens is 5. The number of aromatic amines is 2. The van der Waals surface area contributed by atoms with Crippen molar-refractivity contribution in [1.29, 1.82) is 0 Å². The minimum atomic E-state index is -0.122. The molecule has 170 valence electrons. The molecule has 5 rings (SSSR count). The molecule has 8 heteroatoms. The van der Waals surface area contributed by atoms with E-state index in [1.54, 1.807) is 12.3 Å². The van der Waals surface area contributed by atoms with Crippen molar-refractivity contribution in [3.8, 4) is 0 Å². The Labute approximate surface area is 192 Å². The van der Waals surface area contributed by atoms with Crippen LogP contribution in [0.3, 0.4) is 0 Å². The number of nitrogens with one attached hydrogen (secondary N) is 3. The summed E-state index contributed by atoms with van der Waals surface area (Å²) < 4.78 is 0. The third-order valence-electron chi connectivity index (χ3n) is 6.79. The van der Waals surface area contributed by atoms with Gasteiger partial charge in [0.2, 0.25) is 5.56 Å². The van der Waals surface area contributed by atoms with Gasteiger partial charge in [0, 0.05) is 24.2 Å². The van der Waals surface area contributed by atoms with E-state index in [2.05, 4.69) is 61.0 Å². The van der Waals surface area contributed by atoms with Gasteiger partial charge >= 0.3 is 0 Å². The molecule has 3 heterocycles. The maximum Gasteiger partial charge on any atom is 0.248 e. The second-order valence-electron chi connectivity index (χ2n) is 8.89. The van der Waals surface area contributed by atoms with E-state index >= 15 is 0 Å². The molecule has 1 aromatic carbocycles. The molecular formula is C25H29N7O. The van der Waals surface area contributed by atoms with Gasteiger partial charge in [-0.05, 0) is 73.4 Å². The van der Waals surface area contributed by atoms with Crippen molar-refractivity contribution in [2.24, 2.45) is 0 Å². The number of nitrogens with zero attached hydrogens (tertiary/aromatic N) is 3. The van der Waals surface area contributed by atoms with Gasteiger partial charge in [0.25, 0.3) is 0 Å². The first-order chi connectivity index (χ1) is 16.2. The van der Waals surface area contributed by atoms with E-state index in [0.29, 0.717) is 28.9 Å². The number of nitrogens with two attached hydrogens (primary N) is 1. The Balaban J connectivity index is 1.29. The molecule has 1 saturated carbocycles. The van der Waals surface area contributed by atoms with Crippen LogP contribution >= 0.6 is 0 Å².